The molecule has 3 aromatic rings. The molecule has 204 valence electrons. The number of nitrogens with two attached hydrogens (primary N) is 3. The third-order valence-corrected chi connectivity index (χ3v) is 6.36. The highest BCUT2D eigenvalue weighted by Gasteiger charge is 2.17. The van der Waals surface area contributed by atoms with Crippen LogP contribution in [0.3, 0.4) is 0 Å². The summed E-state index contributed by atoms with van der Waals surface area (Å²) in [5.41, 5.74) is 19.1. The standard InChI is InChI=1S/C28H33N7O4/c29-25(36)17-23-22-8-4-20(26(30)31)16-19(22)5-9-24(23)39-27(37)18-2-6-21(7-3-18)34-28(32)33-10-1-11-35-12-14-38-15-13-35/h2-9,16H,1,10-15,17H2,(H2,29,36)(H3,30,31)(H3,32,33,34). The van der Waals surface area contributed by atoms with E-state index in [0.717, 1.165) is 44.7 Å². The lowest BCUT2D eigenvalue weighted by Gasteiger charge is -2.26. The van der Waals surface area contributed by atoms with Crippen LogP contribution in [0.2, 0.25) is 0 Å². The Kier molecular flexibility index (Phi) is 9.08. The Morgan fingerprint density at radius 1 is 1.00 bits per heavy atom. The van der Waals surface area contributed by atoms with Crippen LogP contribution in [0, 0.1) is 5.41 Å². The van der Waals surface area contributed by atoms with Crippen LogP contribution in [-0.4, -0.2) is 68.0 Å². The second-order valence-corrected chi connectivity index (χ2v) is 9.20. The molecule has 0 unspecified atom stereocenters. The normalized spacial score (nSPS) is 14.2. The number of nitrogen functional groups attached to an aromatic ring is 1. The number of carbonyl (C=O) groups excluding carboxylic acids is 2. The molecule has 4 rings (SSSR count). The van der Waals surface area contributed by atoms with Crippen LogP contribution in [0.4, 0.5) is 5.69 Å². The highest BCUT2D eigenvalue weighted by molar-refractivity contribution is 6.01. The summed E-state index contributed by atoms with van der Waals surface area (Å²) in [6.45, 7) is 5.00. The quantitative estimate of drug-likeness (QED) is 0.0863. The van der Waals surface area contributed by atoms with E-state index < -0.39 is 11.9 Å². The number of carbonyl (C=O) groups is 2. The average Bonchev–Trinajstić information content (AvgIpc) is 2.92. The first-order valence-corrected chi connectivity index (χ1v) is 12.7. The first kappa shape index (κ1) is 27.6. The van der Waals surface area contributed by atoms with E-state index in [1.54, 1.807) is 54.6 Å². The third-order valence-electron chi connectivity index (χ3n) is 6.36. The summed E-state index contributed by atoms with van der Waals surface area (Å²) in [5.74, 6) is -0.688. The van der Waals surface area contributed by atoms with Gasteiger partial charge in [0.05, 0.1) is 25.2 Å². The first-order chi connectivity index (χ1) is 18.8. The third kappa shape index (κ3) is 7.53. The summed E-state index contributed by atoms with van der Waals surface area (Å²) in [4.78, 5) is 31.4. The van der Waals surface area contributed by atoms with Crippen molar-refractivity contribution in [3.8, 4) is 5.75 Å². The number of amidine groups is 1. The molecule has 0 aromatic heterocycles. The molecule has 1 aliphatic rings. The Labute approximate surface area is 226 Å². The van der Waals surface area contributed by atoms with E-state index in [-0.39, 0.29) is 18.0 Å². The van der Waals surface area contributed by atoms with Gasteiger partial charge in [0.1, 0.15) is 11.6 Å². The van der Waals surface area contributed by atoms with Gasteiger partial charge in [-0.05, 0) is 53.6 Å². The highest BCUT2D eigenvalue weighted by atomic mass is 16.5. The second kappa shape index (κ2) is 12.9. The zero-order chi connectivity index (χ0) is 27.8. The van der Waals surface area contributed by atoms with Crippen molar-refractivity contribution in [1.82, 2.24) is 4.90 Å². The molecular weight excluding hydrogens is 498 g/mol. The summed E-state index contributed by atoms with van der Waals surface area (Å²) in [7, 11) is 0. The number of ether oxygens (including phenoxy) is 2. The van der Waals surface area contributed by atoms with E-state index in [1.807, 2.05) is 0 Å². The number of esters is 1. The molecule has 11 nitrogen and oxygen atoms in total. The molecule has 0 aliphatic carbocycles. The van der Waals surface area contributed by atoms with Crippen molar-refractivity contribution in [1.29, 1.82) is 5.41 Å². The highest BCUT2D eigenvalue weighted by Crippen LogP contribution is 2.30. The Hall–Kier alpha value is -4.48. The summed E-state index contributed by atoms with van der Waals surface area (Å²) in [5, 5.41) is 12.1. The van der Waals surface area contributed by atoms with Crippen LogP contribution in [0.15, 0.2) is 59.6 Å². The first-order valence-electron chi connectivity index (χ1n) is 12.7. The lowest BCUT2D eigenvalue weighted by Crippen LogP contribution is -2.37. The Balaban J connectivity index is 1.39. The van der Waals surface area contributed by atoms with Crippen LogP contribution >= 0.6 is 0 Å². The van der Waals surface area contributed by atoms with Crippen LogP contribution in [0.1, 0.15) is 27.9 Å². The summed E-state index contributed by atoms with van der Waals surface area (Å²) in [6.07, 6.45) is 0.783. The van der Waals surface area contributed by atoms with E-state index in [0.29, 0.717) is 40.3 Å². The molecule has 1 saturated heterocycles. The van der Waals surface area contributed by atoms with E-state index in [4.69, 9.17) is 32.1 Å². The van der Waals surface area contributed by atoms with Crippen LogP contribution in [0.5, 0.6) is 5.75 Å². The predicted octanol–water partition coefficient (Wildman–Crippen LogP) is 1.82. The SMILES string of the molecule is N=C(N)c1ccc2c(CC(N)=O)c(OC(=O)c3ccc(NC(N)=NCCCN4CCOCC4)cc3)ccc2c1. The average molecular weight is 532 g/mol. The Bertz CT molecular complexity index is 1380. The van der Waals surface area contributed by atoms with Crippen molar-refractivity contribution in [2.45, 2.75) is 12.8 Å². The number of benzene rings is 3. The number of morpholine rings is 1. The lowest BCUT2D eigenvalue weighted by atomic mass is 9.98. The topological polar surface area (TPSA) is 182 Å². The molecule has 8 N–H and O–H groups in total. The van der Waals surface area contributed by atoms with Gasteiger partial charge < -0.3 is 32.0 Å². The van der Waals surface area contributed by atoms with Crippen LogP contribution < -0.4 is 27.3 Å². The van der Waals surface area contributed by atoms with Crippen molar-refractivity contribution in [3.05, 3.63) is 71.3 Å². The van der Waals surface area contributed by atoms with Gasteiger partial charge in [0.2, 0.25) is 5.91 Å². The van der Waals surface area contributed by atoms with E-state index in [1.165, 1.54) is 0 Å². The molecule has 0 spiro atoms. The van der Waals surface area contributed by atoms with Crippen molar-refractivity contribution in [2.24, 2.45) is 22.2 Å². The minimum absolute atomic E-state index is 0.0707. The van der Waals surface area contributed by atoms with Gasteiger partial charge in [-0.3, -0.25) is 20.1 Å². The molecule has 0 bridgehead atoms. The zero-order valence-electron chi connectivity index (χ0n) is 21.6. The molecule has 11 heteroatoms. The number of rotatable bonds is 10. The van der Waals surface area contributed by atoms with Gasteiger partial charge in [0.25, 0.3) is 0 Å². The summed E-state index contributed by atoms with van der Waals surface area (Å²) < 4.78 is 11.0. The van der Waals surface area contributed by atoms with Gasteiger partial charge in [-0.25, -0.2) is 4.79 Å². The minimum Gasteiger partial charge on any atom is -0.423 e. The molecular formula is C28H33N7O4. The molecule has 0 saturated carbocycles. The Morgan fingerprint density at radius 3 is 2.41 bits per heavy atom. The monoisotopic (exact) mass is 531 g/mol. The fraction of sp³-hybridized carbons (Fsp3) is 0.286. The van der Waals surface area contributed by atoms with E-state index in [9.17, 15) is 9.59 Å². The number of hydrogen-bond acceptors (Lipinski definition) is 7. The largest absolute Gasteiger partial charge is 0.423 e. The van der Waals surface area contributed by atoms with Crippen LogP contribution in [0.25, 0.3) is 10.8 Å². The molecule has 1 fully saturated rings. The van der Waals surface area contributed by atoms with E-state index >= 15 is 0 Å². The van der Waals surface area contributed by atoms with Crippen molar-refractivity contribution in [3.63, 3.8) is 0 Å². The molecule has 0 radical (unpaired) electrons. The molecule has 1 aliphatic heterocycles. The van der Waals surface area contributed by atoms with Gasteiger partial charge in [-0.2, -0.15) is 0 Å². The summed E-state index contributed by atoms with van der Waals surface area (Å²) in [6, 6.07) is 15.1. The van der Waals surface area contributed by atoms with Crippen molar-refractivity contribution < 1.29 is 19.1 Å². The molecule has 39 heavy (non-hydrogen) atoms. The molecule has 1 heterocycles. The number of nitrogens with zero attached hydrogens (tertiary/aromatic N) is 2. The number of hydrogen-bond donors (Lipinski definition) is 5. The smallest absolute Gasteiger partial charge is 0.343 e. The van der Waals surface area contributed by atoms with Gasteiger partial charge in [0, 0.05) is 43.0 Å². The number of aliphatic imine (C=N–C) groups is 1. The number of anilines is 1. The maximum atomic E-state index is 12.9. The number of amides is 1. The van der Waals surface area contributed by atoms with Crippen molar-refractivity contribution >= 4 is 40.1 Å². The summed E-state index contributed by atoms with van der Waals surface area (Å²) >= 11 is 0. The Morgan fingerprint density at radius 2 is 1.72 bits per heavy atom. The van der Waals surface area contributed by atoms with Crippen molar-refractivity contribution in [2.75, 3.05) is 44.7 Å². The maximum absolute atomic E-state index is 12.9. The maximum Gasteiger partial charge on any atom is 0.343 e. The number of nitrogens with one attached hydrogen (secondary N) is 2. The van der Waals surface area contributed by atoms with Gasteiger partial charge >= 0.3 is 5.97 Å². The molecule has 0 atom stereocenters. The van der Waals surface area contributed by atoms with Gasteiger partial charge in [-0.15, -0.1) is 0 Å². The van der Waals surface area contributed by atoms with Crippen LogP contribution in [-0.2, 0) is 16.0 Å². The fourth-order valence-corrected chi connectivity index (χ4v) is 4.35. The second-order valence-electron chi connectivity index (χ2n) is 9.20. The van der Waals surface area contributed by atoms with E-state index in [2.05, 4.69) is 15.2 Å². The van der Waals surface area contributed by atoms with Gasteiger partial charge in [0.15, 0.2) is 5.96 Å². The fourth-order valence-electron chi connectivity index (χ4n) is 4.35. The molecule has 1 amide bonds. The van der Waals surface area contributed by atoms with Gasteiger partial charge in [-0.1, -0.05) is 18.2 Å². The number of guanidine groups is 1. The minimum atomic E-state index is -0.586. The number of primary amides is 1. The predicted molar refractivity (Wildman–Crippen MR) is 151 cm³/mol. The molecule has 3 aromatic carbocycles. The lowest BCUT2D eigenvalue weighted by molar-refractivity contribution is -0.117. The zero-order valence-corrected chi connectivity index (χ0v) is 21.6. The number of fused-ring (bicyclic) bond motifs is 1.